The summed E-state index contributed by atoms with van der Waals surface area (Å²) in [5.41, 5.74) is 3.04. The lowest BCUT2D eigenvalue weighted by Gasteiger charge is -2.16. The normalized spacial score (nSPS) is 11.2. The van der Waals surface area contributed by atoms with Crippen molar-refractivity contribution >= 4 is 33.4 Å². The number of hydrogen-bond donors (Lipinski definition) is 0. The van der Waals surface area contributed by atoms with Crippen LogP contribution in [0.15, 0.2) is 71.5 Å². The minimum absolute atomic E-state index is 0.210. The maximum absolute atomic E-state index is 14.0. The number of para-hydroxylation sites is 2. The summed E-state index contributed by atoms with van der Waals surface area (Å²) in [6, 6.07) is 20.2. The average molecular weight is 458 g/mol. The molecule has 0 unspecified atom stereocenters. The van der Waals surface area contributed by atoms with Gasteiger partial charge in [-0.15, -0.1) is 0 Å². The number of pyridine rings is 1. The van der Waals surface area contributed by atoms with Crippen LogP contribution in [-0.2, 0) is 0 Å². The van der Waals surface area contributed by atoms with Crippen LogP contribution in [0.2, 0.25) is 5.02 Å². The molecule has 0 aliphatic rings. The lowest BCUT2D eigenvalue weighted by atomic mass is 10.0. The largest absolute Gasteiger partial charge is 0.497 e. The fourth-order valence-electron chi connectivity index (χ4n) is 4.06. The van der Waals surface area contributed by atoms with Gasteiger partial charge in [0.15, 0.2) is 0 Å². The topological polar surface area (TPSA) is 66.2 Å². The summed E-state index contributed by atoms with van der Waals surface area (Å²) in [6.07, 6.45) is 0. The van der Waals surface area contributed by atoms with Crippen molar-refractivity contribution in [1.29, 1.82) is 0 Å². The second-order valence-electron chi connectivity index (χ2n) is 7.55. The highest BCUT2D eigenvalue weighted by Gasteiger charge is 2.20. The number of hydrogen-bond acceptors (Lipinski definition) is 5. The summed E-state index contributed by atoms with van der Waals surface area (Å²) in [5.74, 6) is 1.74. The highest BCUT2D eigenvalue weighted by molar-refractivity contribution is 6.30. The SMILES string of the molecule is COc1ccc2nc(-c3ccc(Cl)cc3)c3nc(C)n(-c4ccccc4OC)c(=O)c3c2c1. The third kappa shape index (κ3) is 3.49. The van der Waals surface area contributed by atoms with E-state index in [4.69, 9.17) is 31.0 Å². The molecule has 0 aliphatic heterocycles. The number of aryl methyl sites for hydroxylation is 1. The summed E-state index contributed by atoms with van der Waals surface area (Å²) in [7, 11) is 3.17. The molecule has 5 rings (SSSR count). The van der Waals surface area contributed by atoms with Crippen LogP contribution in [0.25, 0.3) is 38.8 Å². The van der Waals surface area contributed by atoms with E-state index >= 15 is 0 Å². The first-order valence-corrected chi connectivity index (χ1v) is 10.7. The lowest BCUT2D eigenvalue weighted by Crippen LogP contribution is -2.23. The minimum Gasteiger partial charge on any atom is -0.497 e. The van der Waals surface area contributed by atoms with Gasteiger partial charge in [0.05, 0.1) is 36.5 Å². The van der Waals surface area contributed by atoms with Gasteiger partial charge in [0, 0.05) is 16.0 Å². The summed E-state index contributed by atoms with van der Waals surface area (Å²) < 4.78 is 12.5. The Labute approximate surface area is 195 Å². The van der Waals surface area contributed by atoms with Gasteiger partial charge in [0.1, 0.15) is 22.8 Å². The van der Waals surface area contributed by atoms with Gasteiger partial charge in [-0.2, -0.15) is 0 Å². The lowest BCUT2D eigenvalue weighted by molar-refractivity contribution is 0.412. The maximum Gasteiger partial charge on any atom is 0.266 e. The van der Waals surface area contributed by atoms with Gasteiger partial charge in [0.25, 0.3) is 5.56 Å². The Bertz CT molecular complexity index is 1580. The molecule has 0 aliphatic carbocycles. The zero-order chi connectivity index (χ0) is 23.1. The predicted molar refractivity (Wildman–Crippen MR) is 131 cm³/mol. The molecule has 2 heterocycles. The first-order chi connectivity index (χ1) is 16.0. The van der Waals surface area contributed by atoms with Gasteiger partial charge in [0.2, 0.25) is 0 Å². The van der Waals surface area contributed by atoms with Crippen LogP contribution in [0.5, 0.6) is 11.5 Å². The molecular formula is C26H20ClN3O3. The van der Waals surface area contributed by atoms with Gasteiger partial charge in [-0.3, -0.25) is 9.36 Å². The number of fused-ring (bicyclic) bond motifs is 3. The molecule has 33 heavy (non-hydrogen) atoms. The zero-order valence-corrected chi connectivity index (χ0v) is 19.1. The van der Waals surface area contributed by atoms with Crippen molar-refractivity contribution in [2.45, 2.75) is 6.92 Å². The van der Waals surface area contributed by atoms with E-state index in [2.05, 4.69) is 0 Å². The van der Waals surface area contributed by atoms with Crippen molar-refractivity contribution in [3.8, 4) is 28.4 Å². The Balaban J connectivity index is 1.96. The molecule has 5 aromatic rings. The Morgan fingerprint density at radius 2 is 1.67 bits per heavy atom. The summed E-state index contributed by atoms with van der Waals surface area (Å²) in [6.45, 7) is 1.80. The third-order valence-corrected chi connectivity index (χ3v) is 5.88. The zero-order valence-electron chi connectivity index (χ0n) is 18.3. The number of aromatic nitrogens is 3. The van der Waals surface area contributed by atoms with E-state index in [-0.39, 0.29) is 5.56 Å². The van der Waals surface area contributed by atoms with E-state index in [0.29, 0.717) is 55.5 Å². The van der Waals surface area contributed by atoms with Crippen LogP contribution in [0, 0.1) is 6.92 Å². The number of ether oxygens (including phenoxy) is 2. The fraction of sp³-hybridized carbons (Fsp3) is 0.115. The number of nitrogens with zero attached hydrogens (tertiary/aromatic N) is 3. The van der Waals surface area contributed by atoms with Crippen molar-refractivity contribution in [3.63, 3.8) is 0 Å². The van der Waals surface area contributed by atoms with Crippen molar-refractivity contribution in [2.24, 2.45) is 0 Å². The second-order valence-corrected chi connectivity index (χ2v) is 7.98. The second kappa shape index (κ2) is 8.22. The predicted octanol–water partition coefficient (Wildman–Crippen LogP) is 5.58. The van der Waals surface area contributed by atoms with Crippen LogP contribution in [0.1, 0.15) is 5.82 Å². The van der Waals surface area contributed by atoms with Crippen LogP contribution in [-0.4, -0.2) is 28.8 Å². The maximum atomic E-state index is 14.0. The molecule has 3 aromatic carbocycles. The highest BCUT2D eigenvalue weighted by atomic mass is 35.5. The molecule has 0 bridgehead atoms. The third-order valence-electron chi connectivity index (χ3n) is 5.62. The number of rotatable bonds is 4. The summed E-state index contributed by atoms with van der Waals surface area (Å²) in [4.78, 5) is 23.8. The van der Waals surface area contributed by atoms with Crippen molar-refractivity contribution < 1.29 is 9.47 Å². The van der Waals surface area contributed by atoms with E-state index in [1.165, 1.54) is 0 Å². The number of halogens is 1. The Morgan fingerprint density at radius 3 is 2.39 bits per heavy atom. The molecule has 0 atom stereocenters. The van der Waals surface area contributed by atoms with E-state index in [1.54, 1.807) is 37.8 Å². The molecule has 0 saturated heterocycles. The molecule has 164 valence electrons. The Morgan fingerprint density at radius 1 is 0.909 bits per heavy atom. The molecular weight excluding hydrogens is 438 g/mol. The smallest absolute Gasteiger partial charge is 0.266 e. The van der Waals surface area contributed by atoms with Crippen molar-refractivity contribution in [1.82, 2.24) is 14.5 Å². The molecule has 0 spiro atoms. The summed E-state index contributed by atoms with van der Waals surface area (Å²) in [5, 5.41) is 1.75. The quantitative estimate of drug-likeness (QED) is 0.329. The van der Waals surface area contributed by atoms with Crippen LogP contribution in [0.3, 0.4) is 0 Å². The van der Waals surface area contributed by atoms with Crippen LogP contribution >= 0.6 is 11.6 Å². The first-order valence-electron chi connectivity index (χ1n) is 10.3. The molecule has 0 N–H and O–H groups in total. The standard InChI is InChI=1S/C26H20ClN3O3/c1-15-28-25-23(26(31)30(15)21-6-4-5-7-22(21)33-3)19-14-18(32-2)12-13-20(19)29-24(25)16-8-10-17(27)11-9-16/h4-14H,1-3H3. The Hall–Kier alpha value is -3.90. The average Bonchev–Trinajstić information content (AvgIpc) is 2.83. The van der Waals surface area contributed by atoms with Gasteiger partial charge >= 0.3 is 0 Å². The van der Waals surface area contributed by atoms with E-state index < -0.39 is 0 Å². The monoisotopic (exact) mass is 457 g/mol. The van der Waals surface area contributed by atoms with Gasteiger partial charge < -0.3 is 9.47 Å². The fourth-order valence-corrected chi connectivity index (χ4v) is 4.19. The van der Waals surface area contributed by atoms with Crippen molar-refractivity contribution in [3.05, 3.63) is 87.9 Å². The molecule has 7 heteroatoms. The van der Waals surface area contributed by atoms with Gasteiger partial charge in [-0.1, -0.05) is 35.9 Å². The highest BCUT2D eigenvalue weighted by Crippen LogP contribution is 2.33. The van der Waals surface area contributed by atoms with Crippen LogP contribution < -0.4 is 15.0 Å². The number of methoxy groups -OCH3 is 2. The summed E-state index contributed by atoms with van der Waals surface area (Å²) >= 11 is 6.10. The van der Waals surface area contributed by atoms with E-state index in [9.17, 15) is 4.79 Å². The van der Waals surface area contributed by atoms with Gasteiger partial charge in [-0.05, 0) is 49.4 Å². The molecule has 0 fully saturated rings. The molecule has 0 radical (unpaired) electrons. The molecule has 2 aromatic heterocycles. The van der Waals surface area contributed by atoms with E-state index in [0.717, 1.165) is 5.56 Å². The minimum atomic E-state index is -0.210. The van der Waals surface area contributed by atoms with E-state index in [1.807, 2.05) is 54.6 Å². The molecule has 0 amide bonds. The molecule has 6 nitrogen and oxygen atoms in total. The van der Waals surface area contributed by atoms with Gasteiger partial charge in [-0.25, -0.2) is 9.97 Å². The first kappa shape index (κ1) is 21.0. The Kier molecular flexibility index (Phi) is 5.23. The van der Waals surface area contributed by atoms with Crippen molar-refractivity contribution in [2.75, 3.05) is 14.2 Å². The molecule has 0 saturated carbocycles. The number of benzene rings is 3. The van der Waals surface area contributed by atoms with Crippen LogP contribution in [0.4, 0.5) is 0 Å².